The van der Waals surface area contributed by atoms with Crippen LogP contribution < -0.4 is 5.32 Å². The van der Waals surface area contributed by atoms with Gasteiger partial charge in [-0.05, 0) is 36.9 Å². The summed E-state index contributed by atoms with van der Waals surface area (Å²) >= 11 is 0. The first kappa shape index (κ1) is 9.47. The summed E-state index contributed by atoms with van der Waals surface area (Å²) in [5, 5.41) is 3.56. The first-order chi connectivity index (χ1) is 6.92. The molecule has 1 aliphatic heterocycles. The Labute approximate surface area is 85.8 Å². The Hall–Kier alpha value is -1.08. The second-order valence-corrected chi connectivity index (χ2v) is 3.82. The standard InChI is InChI=1S/C13H17N/c1-2-3-8-13-12-7-5-4-6-11(12)9-10-14-13/h2,4-7,13-14H,1,3,8-10H2. The van der Waals surface area contributed by atoms with Crippen LogP contribution in [0, 0.1) is 0 Å². The number of benzene rings is 1. The van der Waals surface area contributed by atoms with Gasteiger partial charge >= 0.3 is 0 Å². The monoisotopic (exact) mass is 187 g/mol. The number of rotatable bonds is 3. The zero-order chi connectivity index (χ0) is 9.80. The van der Waals surface area contributed by atoms with Crippen LogP contribution in [-0.2, 0) is 6.42 Å². The largest absolute Gasteiger partial charge is 0.310 e. The molecule has 1 aromatic carbocycles. The summed E-state index contributed by atoms with van der Waals surface area (Å²) in [4.78, 5) is 0. The molecule has 1 nitrogen and oxygen atoms in total. The van der Waals surface area contributed by atoms with E-state index in [1.165, 1.54) is 24.0 Å². The second-order valence-electron chi connectivity index (χ2n) is 3.82. The van der Waals surface area contributed by atoms with E-state index in [2.05, 4.69) is 36.2 Å². The van der Waals surface area contributed by atoms with Crippen LogP contribution in [0.5, 0.6) is 0 Å². The van der Waals surface area contributed by atoms with Gasteiger partial charge in [-0.1, -0.05) is 30.3 Å². The second kappa shape index (κ2) is 4.43. The summed E-state index contributed by atoms with van der Waals surface area (Å²) in [6.07, 6.45) is 5.42. The van der Waals surface area contributed by atoms with Gasteiger partial charge in [0.25, 0.3) is 0 Å². The SMILES string of the molecule is C=CCCC1NCCc2ccccc21. The van der Waals surface area contributed by atoms with Crippen LogP contribution in [0.4, 0.5) is 0 Å². The van der Waals surface area contributed by atoms with Crippen LogP contribution in [0.25, 0.3) is 0 Å². The van der Waals surface area contributed by atoms with Gasteiger partial charge in [0.2, 0.25) is 0 Å². The first-order valence-corrected chi connectivity index (χ1v) is 5.34. The molecular weight excluding hydrogens is 170 g/mol. The molecule has 0 aliphatic carbocycles. The van der Waals surface area contributed by atoms with Crippen LogP contribution in [0.2, 0.25) is 0 Å². The fraction of sp³-hybridized carbons (Fsp3) is 0.385. The maximum absolute atomic E-state index is 3.77. The molecule has 1 N–H and O–H groups in total. The highest BCUT2D eigenvalue weighted by molar-refractivity contribution is 5.32. The lowest BCUT2D eigenvalue weighted by molar-refractivity contribution is 0.479. The third-order valence-electron chi connectivity index (χ3n) is 2.88. The zero-order valence-corrected chi connectivity index (χ0v) is 8.50. The molecule has 1 atom stereocenters. The van der Waals surface area contributed by atoms with E-state index in [4.69, 9.17) is 0 Å². The maximum atomic E-state index is 3.77. The van der Waals surface area contributed by atoms with Crippen LogP contribution in [0.1, 0.15) is 30.0 Å². The molecule has 1 heterocycles. The van der Waals surface area contributed by atoms with E-state index in [-0.39, 0.29) is 0 Å². The summed E-state index contributed by atoms with van der Waals surface area (Å²) in [7, 11) is 0. The van der Waals surface area contributed by atoms with Crippen molar-refractivity contribution in [1.29, 1.82) is 0 Å². The molecule has 0 bridgehead atoms. The topological polar surface area (TPSA) is 12.0 Å². The molecule has 1 unspecified atom stereocenters. The lowest BCUT2D eigenvalue weighted by atomic mass is 9.92. The zero-order valence-electron chi connectivity index (χ0n) is 8.50. The van der Waals surface area contributed by atoms with Crippen LogP contribution in [-0.4, -0.2) is 6.54 Å². The molecule has 0 saturated carbocycles. The smallest absolute Gasteiger partial charge is 0.0326 e. The summed E-state index contributed by atoms with van der Waals surface area (Å²) < 4.78 is 0. The molecule has 0 spiro atoms. The Morgan fingerprint density at radius 3 is 3.14 bits per heavy atom. The normalized spacial score (nSPS) is 20.1. The van der Waals surface area contributed by atoms with Crippen molar-refractivity contribution in [2.75, 3.05) is 6.54 Å². The highest BCUT2D eigenvalue weighted by Gasteiger charge is 2.17. The number of nitrogens with one attached hydrogen (secondary N) is 1. The van der Waals surface area contributed by atoms with E-state index < -0.39 is 0 Å². The van der Waals surface area contributed by atoms with Crippen molar-refractivity contribution in [2.24, 2.45) is 0 Å². The van der Waals surface area contributed by atoms with Gasteiger partial charge in [-0.3, -0.25) is 0 Å². The van der Waals surface area contributed by atoms with Gasteiger partial charge in [-0.25, -0.2) is 0 Å². The number of fused-ring (bicyclic) bond motifs is 1. The molecule has 1 aliphatic rings. The van der Waals surface area contributed by atoms with E-state index in [1.807, 2.05) is 6.08 Å². The molecule has 0 radical (unpaired) electrons. The maximum Gasteiger partial charge on any atom is 0.0326 e. The minimum atomic E-state index is 0.540. The Kier molecular flexibility index (Phi) is 3.00. The summed E-state index contributed by atoms with van der Waals surface area (Å²) in [5.74, 6) is 0. The lowest BCUT2D eigenvalue weighted by Crippen LogP contribution is -2.29. The van der Waals surface area contributed by atoms with Gasteiger partial charge < -0.3 is 5.32 Å². The van der Waals surface area contributed by atoms with E-state index in [0.717, 1.165) is 13.0 Å². The summed E-state index contributed by atoms with van der Waals surface area (Å²) in [6, 6.07) is 9.30. The Balaban J connectivity index is 2.17. The summed E-state index contributed by atoms with van der Waals surface area (Å²) in [5.41, 5.74) is 3.00. The average Bonchev–Trinajstić information content (AvgIpc) is 2.26. The predicted molar refractivity (Wildman–Crippen MR) is 60.3 cm³/mol. The van der Waals surface area contributed by atoms with E-state index in [1.54, 1.807) is 0 Å². The molecule has 0 saturated heterocycles. The third-order valence-corrected chi connectivity index (χ3v) is 2.88. The van der Waals surface area contributed by atoms with Crippen molar-refractivity contribution in [3.8, 4) is 0 Å². The molecule has 2 rings (SSSR count). The van der Waals surface area contributed by atoms with Gasteiger partial charge in [0.15, 0.2) is 0 Å². The minimum absolute atomic E-state index is 0.540. The fourth-order valence-corrected chi connectivity index (χ4v) is 2.13. The van der Waals surface area contributed by atoms with Crippen LogP contribution in [0.15, 0.2) is 36.9 Å². The van der Waals surface area contributed by atoms with E-state index in [0.29, 0.717) is 6.04 Å². The minimum Gasteiger partial charge on any atom is -0.310 e. The Morgan fingerprint density at radius 2 is 2.29 bits per heavy atom. The van der Waals surface area contributed by atoms with Crippen molar-refractivity contribution >= 4 is 0 Å². The third kappa shape index (κ3) is 1.88. The molecule has 0 amide bonds. The van der Waals surface area contributed by atoms with Gasteiger partial charge in [0, 0.05) is 6.04 Å². The first-order valence-electron chi connectivity index (χ1n) is 5.34. The molecule has 0 fully saturated rings. The lowest BCUT2D eigenvalue weighted by Gasteiger charge is -2.26. The quantitative estimate of drug-likeness (QED) is 0.717. The van der Waals surface area contributed by atoms with Crippen molar-refractivity contribution in [2.45, 2.75) is 25.3 Å². The van der Waals surface area contributed by atoms with Gasteiger partial charge in [-0.15, -0.1) is 6.58 Å². The average molecular weight is 187 g/mol. The van der Waals surface area contributed by atoms with Crippen LogP contribution >= 0.6 is 0 Å². The van der Waals surface area contributed by atoms with Crippen molar-refractivity contribution in [1.82, 2.24) is 5.32 Å². The van der Waals surface area contributed by atoms with E-state index in [9.17, 15) is 0 Å². The van der Waals surface area contributed by atoms with Crippen LogP contribution in [0.3, 0.4) is 0 Å². The van der Waals surface area contributed by atoms with Crippen molar-refractivity contribution in [3.05, 3.63) is 48.0 Å². The van der Waals surface area contributed by atoms with Gasteiger partial charge in [-0.2, -0.15) is 0 Å². The van der Waals surface area contributed by atoms with Crippen molar-refractivity contribution < 1.29 is 0 Å². The van der Waals surface area contributed by atoms with Gasteiger partial charge in [0.1, 0.15) is 0 Å². The van der Waals surface area contributed by atoms with Crippen molar-refractivity contribution in [3.63, 3.8) is 0 Å². The number of allylic oxidation sites excluding steroid dienone is 1. The fourth-order valence-electron chi connectivity index (χ4n) is 2.13. The number of hydrogen-bond acceptors (Lipinski definition) is 1. The highest BCUT2D eigenvalue weighted by atomic mass is 14.9. The van der Waals surface area contributed by atoms with Gasteiger partial charge in [0.05, 0.1) is 0 Å². The highest BCUT2D eigenvalue weighted by Crippen LogP contribution is 2.25. The molecule has 74 valence electrons. The summed E-state index contributed by atoms with van der Waals surface area (Å²) in [6.45, 7) is 4.88. The molecule has 1 aromatic rings. The number of hydrogen-bond donors (Lipinski definition) is 1. The molecular formula is C13H17N. The van der Waals surface area contributed by atoms with E-state index >= 15 is 0 Å². The predicted octanol–water partition coefficient (Wildman–Crippen LogP) is 2.84. The Bertz CT molecular complexity index is 317. The molecule has 0 aromatic heterocycles. The Morgan fingerprint density at radius 1 is 1.43 bits per heavy atom. The molecule has 14 heavy (non-hydrogen) atoms. The molecule has 1 heteroatoms.